The Kier molecular flexibility index (Phi) is 5.52. The first-order valence-corrected chi connectivity index (χ1v) is 9.92. The normalized spacial score (nSPS) is 13.3. The molecule has 0 aromatic heterocycles. The minimum atomic E-state index is -3.98. The van der Waals surface area contributed by atoms with Crippen LogP contribution in [0.15, 0.2) is 35.2 Å². The highest BCUT2D eigenvalue weighted by atomic mass is 35.5. The molecule has 2 aromatic carbocycles. The number of anilines is 2. The maximum Gasteiger partial charge on any atom is 0.262 e. The van der Waals surface area contributed by atoms with E-state index < -0.39 is 45.5 Å². The Morgan fingerprint density at radius 1 is 1.25 bits per heavy atom. The van der Waals surface area contributed by atoms with E-state index in [-0.39, 0.29) is 33.6 Å². The number of sulfone groups is 1. The third-order valence-electron chi connectivity index (χ3n) is 3.81. The molecule has 0 atom stereocenters. The Morgan fingerprint density at radius 3 is 2.71 bits per heavy atom. The third kappa shape index (κ3) is 4.39. The van der Waals surface area contributed by atoms with Gasteiger partial charge in [-0.15, -0.1) is 0 Å². The number of nitrogens with one attached hydrogen (secondary N) is 2. The molecule has 0 bridgehead atoms. The van der Waals surface area contributed by atoms with E-state index in [1.54, 1.807) is 0 Å². The van der Waals surface area contributed by atoms with Gasteiger partial charge in [0.2, 0.25) is 5.91 Å². The van der Waals surface area contributed by atoms with Gasteiger partial charge in [0.15, 0.2) is 16.4 Å². The zero-order valence-electron chi connectivity index (χ0n) is 14.1. The van der Waals surface area contributed by atoms with E-state index >= 15 is 0 Å². The van der Waals surface area contributed by atoms with Crippen molar-refractivity contribution in [2.24, 2.45) is 0 Å². The van der Waals surface area contributed by atoms with Crippen LogP contribution in [0.5, 0.6) is 5.75 Å². The summed E-state index contributed by atoms with van der Waals surface area (Å²) in [4.78, 5) is 23.0. The van der Waals surface area contributed by atoms with E-state index in [0.29, 0.717) is 6.07 Å². The lowest BCUT2D eigenvalue weighted by Gasteiger charge is -2.19. The maximum atomic E-state index is 13.6. The highest BCUT2D eigenvalue weighted by Gasteiger charge is 2.25. The largest absolute Gasteiger partial charge is 0.482 e. The zero-order valence-corrected chi connectivity index (χ0v) is 15.7. The van der Waals surface area contributed by atoms with Crippen LogP contribution in [0, 0.1) is 11.6 Å². The number of benzene rings is 2. The number of ether oxygens (including phenoxy) is 1. The number of hydrogen-bond donors (Lipinski definition) is 2. The summed E-state index contributed by atoms with van der Waals surface area (Å²) in [6.07, 6.45) is -0.482. The van der Waals surface area contributed by atoms with Crippen molar-refractivity contribution in [2.75, 3.05) is 23.0 Å². The van der Waals surface area contributed by atoms with Crippen molar-refractivity contribution < 1.29 is 31.5 Å². The van der Waals surface area contributed by atoms with Crippen LogP contribution in [-0.2, 0) is 19.4 Å². The fourth-order valence-corrected chi connectivity index (χ4v) is 4.29. The molecule has 11 heteroatoms. The first kappa shape index (κ1) is 20.0. The van der Waals surface area contributed by atoms with Crippen LogP contribution in [0.3, 0.4) is 0 Å². The number of hydrogen-bond acceptors (Lipinski definition) is 5. The van der Waals surface area contributed by atoms with Crippen LogP contribution in [0.1, 0.15) is 6.42 Å². The Morgan fingerprint density at radius 2 is 2.00 bits per heavy atom. The van der Waals surface area contributed by atoms with Crippen LogP contribution in [0.4, 0.5) is 20.2 Å². The molecular formula is C17H13ClF2N2O5S. The molecular weight excluding hydrogens is 418 g/mol. The number of fused-ring (bicyclic) bond motifs is 1. The van der Waals surface area contributed by atoms with E-state index in [4.69, 9.17) is 16.3 Å². The summed E-state index contributed by atoms with van der Waals surface area (Å²) in [5, 5.41) is 4.53. The highest BCUT2D eigenvalue weighted by Crippen LogP contribution is 2.36. The van der Waals surface area contributed by atoms with Gasteiger partial charge in [-0.2, -0.15) is 0 Å². The van der Waals surface area contributed by atoms with E-state index in [9.17, 15) is 26.8 Å². The van der Waals surface area contributed by atoms with E-state index in [2.05, 4.69) is 10.6 Å². The van der Waals surface area contributed by atoms with E-state index in [1.807, 2.05) is 0 Å². The number of amides is 2. The van der Waals surface area contributed by atoms with Gasteiger partial charge in [-0.25, -0.2) is 17.2 Å². The minimum absolute atomic E-state index is 0.139. The van der Waals surface area contributed by atoms with Gasteiger partial charge in [-0.1, -0.05) is 11.6 Å². The lowest BCUT2D eigenvalue weighted by atomic mass is 10.2. The molecule has 0 radical (unpaired) electrons. The quantitative estimate of drug-likeness (QED) is 0.759. The summed E-state index contributed by atoms with van der Waals surface area (Å²) in [5.74, 6) is -3.42. The molecule has 1 aliphatic heterocycles. The second-order valence-corrected chi connectivity index (χ2v) is 8.34. The first-order valence-electron chi connectivity index (χ1n) is 7.89. The van der Waals surface area contributed by atoms with Crippen LogP contribution < -0.4 is 15.4 Å². The van der Waals surface area contributed by atoms with Crippen LogP contribution in [0.25, 0.3) is 0 Å². The number of rotatable bonds is 5. The molecule has 148 valence electrons. The molecule has 0 saturated carbocycles. The molecule has 1 aliphatic rings. The van der Waals surface area contributed by atoms with Gasteiger partial charge in [0.1, 0.15) is 17.4 Å². The van der Waals surface area contributed by atoms with Gasteiger partial charge in [0, 0.05) is 18.6 Å². The lowest BCUT2D eigenvalue weighted by molar-refractivity contribution is -0.118. The van der Waals surface area contributed by atoms with Crippen molar-refractivity contribution in [3.8, 4) is 5.75 Å². The van der Waals surface area contributed by atoms with Gasteiger partial charge in [-0.3, -0.25) is 9.59 Å². The van der Waals surface area contributed by atoms with E-state index in [1.165, 1.54) is 12.1 Å². The Balaban J connectivity index is 1.71. The summed E-state index contributed by atoms with van der Waals surface area (Å²) < 4.78 is 56.7. The van der Waals surface area contributed by atoms with Crippen LogP contribution >= 0.6 is 11.6 Å². The van der Waals surface area contributed by atoms with Gasteiger partial charge in [0.05, 0.1) is 27.0 Å². The Bertz CT molecular complexity index is 1080. The predicted molar refractivity (Wildman–Crippen MR) is 97.2 cm³/mol. The summed E-state index contributed by atoms with van der Waals surface area (Å²) in [6, 6.07) is 5.00. The molecule has 2 N–H and O–H groups in total. The topological polar surface area (TPSA) is 102 Å². The Hall–Kier alpha value is -2.72. The maximum absolute atomic E-state index is 13.6. The SMILES string of the molecule is O=C(CCS(=O)(=O)c1cc2c(cc1Cl)NC(=O)CO2)Nc1ccc(F)cc1F. The van der Waals surface area contributed by atoms with Gasteiger partial charge < -0.3 is 15.4 Å². The third-order valence-corrected chi connectivity index (χ3v) is 5.98. The van der Waals surface area contributed by atoms with Crippen LogP contribution in [0.2, 0.25) is 5.02 Å². The fourth-order valence-electron chi connectivity index (χ4n) is 2.46. The van der Waals surface area contributed by atoms with Crippen molar-refractivity contribution in [3.63, 3.8) is 0 Å². The van der Waals surface area contributed by atoms with Gasteiger partial charge >= 0.3 is 0 Å². The molecule has 2 aromatic rings. The molecule has 7 nitrogen and oxygen atoms in total. The molecule has 0 unspecified atom stereocenters. The molecule has 0 spiro atoms. The van der Waals surface area contributed by atoms with Crippen LogP contribution in [-0.4, -0.2) is 32.6 Å². The molecule has 28 heavy (non-hydrogen) atoms. The van der Waals surface area contributed by atoms with Gasteiger partial charge in [-0.05, 0) is 18.2 Å². The standard InChI is InChI=1S/C17H13ClF2N2O5S/c18-10-6-13-14(27-8-17(24)22-13)7-15(10)28(25,26)4-3-16(23)21-12-2-1-9(19)5-11(12)20/h1-2,5-7H,3-4,8H2,(H,21,23)(H,22,24). The average molecular weight is 431 g/mol. The molecule has 3 rings (SSSR count). The molecule has 0 saturated heterocycles. The lowest BCUT2D eigenvalue weighted by Crippen LogP contribution is -2.25. The van der Waals surface area contributed by atoms with Crippen molar-refractivity contribution >= 4 is 44.6 Å². The molecule has 1 heterocycles. The number of halogens is 3. The summed E-state index contributed by atoms with van der Waals surface area (Å²) in [7, 11) is -3.98. The van der Waals surface area contributed by atoms with Crippen molar-refractivity contribution in [2.45, 2.75) is 11.3 Å². The second-order valence-electron chi connectivity index (χ2n) is 5.86. The zero-order chi connectivity index (χ0) is 20.5. The molecule has 0 fully saturated rings. The minimum Gasteiger partial charge on any atom is -0.482 e. The van der Waals surface area contributed by atoms with Crippen molar-refractivity contribution in [3.05, 3.63) is 47.0 Å². The summed E-state index contributed by atoms with van der Waals surface area (Å²) >= 11 is 6.00. The predicted octanol–water partition coefficient (Wildman–Crippen LogP) is 2.75. The fraction of sp³-hybridized carbons (Fsp3) is 0.176. The Labute approximate surface area is 163 Å². The summed E-state index contributed by atoms with van der Waals surface area (Å²) in [6.45, 7) is -0.264. The second kappa shape index (κ2) is 7.72. The number of carbonyl (C=O) groups excluding carboxylic acids is 2. The average Bonchev–Trinajstić information content (AvgIpc) is 2.61. The molecule has 2 amide bonds. The highest BCUT2D eigenvalue weighted by molar-refractivity contribution is 7.91. The van der Waals surface area contributed by atoms with Gasteiger partial charge in [0.25, 0.3) is 5.91 Å². The smallest absolute Gasteiger partial charge is 0.262 e. The van der Waals surface area contributed by atoms with E-state index in [0.717, 1.165) is 12.1 Å². The van der Waals surface area contributed by atoms with Crippen molar-refractivity contribution in [1.82, 2.24) is 0 Å². The summed E-state index contributed by atoms with van der Waals surface area (Å²) in [5.41, 5.74) is -0.0236. The van der Waals surface area contributed by atoms with Crippen molar-refractivity contribution in [1.29, 1.82) is 0 Å². The molecule has 0 aliphatic carbocycles. The number of carbonyl (C=O) groups is 2. The first-order chi connectivity index (χ1) is 13.2. The monoisotopic (exact) mass is 430 g/mol.